The number of rotatable bonds is 4. The quantitative estimate of drug-likeness (QED) is 0.646. The Bertz CT molecular complexity index is 975. The molecule has 4 rings (SSSR count). The number of thiazole rings is 1. The fourth-order valence-corrected chi connectivity index (χ4v) is 3.94. The normalized spacial score (nSPS) is 15.2. The van der Waals surface area contributed by atoms with Gasteiger partial charge in [0.05, 0.1) is 6.04 Å². The lowest BCUT2D eigenvalue weighted by atomic mass is 10.1. The molecule has 2 N–H and O–H groups in total. The molecule has 1 aromatic carbocycles. The van der Waals surface area contributed by atoms with E-state index in [1.165, 1.54) is 0 Å². The summed E-state index contributed by atoms with van der Waals surface area (Å²) < 4.78 is 1.87. The first-order chi connectivity index (χ1) is 14.1. The first-order valence-corrected chi connectivity index (χ1v) is 10.3. The summed E-state index contributed by atoms with van der Waals surface area (Å²) in [6, 6.07) is 9.24. The van der Waals surface area contributed by atoms with Gasteiger partial charge in [0, 0.05) is 35.1 Å². The van der Waals surface area contributed by atoms with Crippen LogP contribution < -0.4 is 10.6 Å². The van der Waals surface area contributed by atoms with Gasteiger partial charge in [-0.2, -0.15) is 5.10 Å². The fraction of sp³-hybridized carbons (Fsp3) is 0.300. The van der Waals surface area contributed by atoms with Crippen LogP contribution in [0.15, 0.2) is 48.1 Å². The molecule has 1 saturated heterocycles. The number of benzene rings is 1. The molecular formula is C20H22N6O2S. The van der Waals surface area contributed by atoms with E-state index in [-0.39, 0.29) is 0 Å². The zero-order chi connectivity index (χ0) is 20.2. The van der Waals surface area contributed by atoms with Gasteiger partial charge in [0.15, 0.2) is 5.82 Å². The van der Waals surface area contributed by atoms with Gasteiger partial charge < -0.3 is 15.5 Å². The Morgan fingerprint density at radius 1 is 1.07 bits per heavy atom. The van der Waals surface area contributed by atoms with Crippen LogP contribution in [0.25, 0.3) is 10.6 Å². The fourth-order valence-electron chi connectivity index (χ4n) is 3.29. The molecule has 150 valence electrons. The maximum absolute atomic E-state index is 12.2. The third-order valence-corrected chi connectivity index (χ3v) is 5.76. The van der Waals surface area contributed by atoms with E-state index in [4.69, 9.17) is 0 Å². The molecule has 0 saturated carbocycles. The van der Waals surface area contributed by atoms with Crippen molar-refractivity contribution in [1.29, 1.82) is 0 Å². The third-order valence-electron chi connectivity index (χ3n) is 4.94. The number of nitrogens with one attached hydrogen (secondary N) is 2. The first-order valence-electron chi connectivity index (χ1n) is 9.44. The van der Waals surface area contributed by atoms with Crippen LogP contribution in [-0.4, -0.2) is 51.6 Å². The predicted molar refractivity (Wildman–Crippen MR) is 113 cm³/mol. The maximum atomic E-state index is 12.2. The second-order valence-electron chi connectivity index (χ2n) is 7.04. The Kier molecular flexibility index (Phi) is 5.68. The van der Waals surface area contributed by atoms with Gasteiger partial charge in [-0.1, -0.05) is 0 Å². The van der Waals surface area contributed by atoms with Crippen molar-refractivity contribution in [2.45, 2.75) is 18.9 Å². The average Bonchev–Trinajstić information content (AvgIpc) is 3.41. The predicted octanol–water partition coefficient (Wildman–Crippen LogP) is 2.85. The van der Waals surface area contributed by atoms with Crippen molar-refractivity contribution in [3.8, 4) is 10.6 Å². The summed E-state index contributed by atoms with van der Waals surface area (Å²) in [4.78, 5) is 30.9. The van der Waals surface area contributed by atoms with E-state index in [9.17, 15) is 9.59 Å². The van der Waals surface area contributed by atoms with Crippen molar-refractivity contribution in [3.05, 3.63) is 48.1 Å². The van der Waals surface area contributed by atoms with Crippen LogP contribution in [0.5, 0.6) is 0 Å². The number of hydrogen-bond donors (Lipinski definition) is 2. The number of aromatic nitrogens is 3. The highest BCUT2D eigenvalue weighted by Gasteiger charge is 2.20. The second-order valence-corrected chi connectivity index (χ2v) is 7.93. The standard InChI is InChI=1S/C20H22N6O2S/c1-25-10-6-16(7-11-25)26-12-8-17(24-26)23-19(28)18(27)22-15-4-2-14(3-5-15)20-21-9-13-29-20/h2-5,8-9,12-13,16H,6-7,10-11H2,1H3,(H,22,27)(H,23,24,28). The zero-order valence-electron chi connectivity index (χ0n) is 16.0. The SMILES string of the molecule is CN1CCC(n2ccc(NC(=O)C(=O)Nc3ccc(-c4nccs4)cc3)n2)CC1. The molecule has 0 unspecified atom stereocenters. The molecule has 2 aromatic heterocycles. The summed E-state index contributed by atoms with van der Waals surface area (Å²) in [5.74, 6) is -1.10. The van der Waals surface area contributed by atoms with E-state index in [2.05, 4.69) is 32.7 Å². The van der Waals surface area contributed by atoms with Crippen LogP contribution >= 0.6 is 11.3 Å². The van der Waals surface area contributed by atoms with E-state index in [0.29, 0.717) is 17.5 Å². The van der Waals surface area contributed by atoms with Crippen LogP contribution in [0.3, 0.4) is 0 Å². The van der Waals surface area contributed by atoms with Crippen LogP contribution in [-0.2, 0) is 9.59 Å². The molecule has 8 nitrogen and oxygen atoms in total. The Labute approximate surface area is 172 Å². The maximum Gasteiger partial charge on any atom is 0.315 e. The topological polar surface area (TPSA) is 92.1 Å². The van der Waals surface area contributed by atoms with Gasteiger partial charge in [-0.05, 0) is 57.2 Å². The first kappa shape index (κ1) is 19.3. The van der Waals surface area contributed by atoms with Crippen LogP contribution in [0.4, 0.5) is 11.5 Å². The smallest absolute Gasteiger partial charge is 0.315 e. The molecule has 1 fully saturated rings. The Morgan fingerprint density at radius 3 is 2.48 bits per heavy atom. The Balaban J connectivity index is 1.32. The minimum Gasteiger partial charge on any atom is -0.318 e. The van der Waals surface area contributed by atoms with Crippen LogP contribution in [0.1, 0.15) is 18.9 Å². The van der Waals surface area contributed by atoms with Crippen molar-refractivity contribution in [1.82, 2.24) is 19.7 Å². The van der Waals surface area contributed by atoms with Gasteiger partial charge in [-0.3, -0.25) is 14.3 Å². The number of anilines is 2. The molecule has 0 atom stereocenters. The van der Waals surface area contributed by atoms with Gasteiger partial charge >= 0.3 is 11.8 Å². The van der Waals surface area contributed by atoms with Gasteiger partial charge in [-0.25, -0.2) is 4.98 Å². The molecule has 0 radical (unpaired) electrons. The van der Waals surface area contributed by atoms with Gasteiger partial charge in [0.1, 0.15) is 5.01 Å². The highest BCUT2D eigenvalue weighted by Crippen LogP contribution is 2.23. The van der Waals surface area contributed by atoms with E-state index >= 15 is 0 Å². The number of piperidine rings is 1. The summed E-state index contributed by atoms with van der Waals surface area (Å²) >= 11 is 1.54. The monoisotopic (exact) mass is 410 g/mol. The lowest BCUT2D eigenvalue weighted by Gasteiger charge is -2.28. The summed E-state index contributed by atoms with van der Waals surface area (Å²) in [6.45, 7) is 2.05. The largest absolute Gasteiger partial charge is 0.318 e. The molecular weight excluding hydrogens is 388 g/mol. The van der Waals surface area contributed by atoms with Crippen molar-refractivity contribution in [3.63, 3.8) is 0 Å². The molecule has 29 heavy (non-hydrogen) atoms. The number of amides is 2. The van der Waals surface area contributed by atoms with Gasteiger partial charge in [0.2, 0.25) is 0 Å². The van der Waals surface area contributed by atoms with Crippen LogP contribution in [0.2, 0.25) is 0 Å². The van der Waals surface area contributed by atoms with E-state index in [1.54, 1.807) is 35.7 Å². The Hall–Kier alpha value is -3.04. The summed E-state index contributed by atoms with van der Waals surface area (Å²) in [6.07, 6.45) is 5.63. The van der Waals surface area contributed by atoms with Crippen molar-refractivity contribution >= 4 is 34.7 Å². The molecule has 0 bridgehead atoms. The highest BCUT2D eigenvalue weighted by atomic mass is 32.1. The summed E-state index contributed by atoms with van der Waals surface area (Å²) in [5.41, 5.74) is 1.50. The van der Waals surface area contributed by atoms with E-state index in [1.807, 2.05) is 28.4 Å². The molecule has 9 heteroatoms. The highest BCUT2D eigenvalue weighted by molar-refractivity contribution is 7.13. The van der Waals surface area contributed by atoms with E-state index in [0.717, 1.165) is 36.5 Å². The summed E-state index contributed by atoms with van der Waals surface area (Å²) in [5, 5.41) is 12.4. The lowest BCUT2D eigenvalue weighted by Crippen LogP contribution is -2.32. The lowest BCUT2D eigenvalue weighted by molar-refractivity contribution is -0.133. The van der Waals surface area contributed by atoms with Crippen molar-refractivity contribution in [2.24, 2.45) is 0 Å². The molecule has 0 spiro atoms. The third kappa shape index (κ3) is 4.69. The molecule has 1 aliphatic heterocycles. The van der Waals surface area contributed by atoms with Gasteiger partial charge in [-0.15, -0.1) is 11.3 Å². The minimum atomic E-state index is -0.748. The van der Waals surface area contributed by atoms with Gasteiger partial charge in [0.25, 0.3) is 0 Å². The summed E-state index contributed by atoms with van der Waals surface area (Å²) in [7, 11) is 2.11. The number of carbonyl (C=O) groups is 2. The van der Waals surface area contributed by atoms with E-state index < -0.39 is 11.8 Å². The number of likely N-dealkylation sites (tertiary alicyclic amines) is 1. The molecule has 1 aliphatic rings. The second kappa shape index (κ2) is 8.54. The zero-order valence-corrected chi connectivity index (χ0v) is 16.9. The number of carbonyl (C=O) groups excluding carboxylic acids is 2. The Morgan fingerprint density at radius 2 is 1.79 bits per heavy atom. The molecule has 0 aliphatic carbocycles. The van der Waals surface area contributed by atoms with Crippen molar-refractivity contribution < 1.29 is 9.59 Å². The molecule has 3 heterocycles. The number of nitrogens with zero attached hydrogens (tertiary/aromatic N) is 4. The average molecular weight is 411 g/mol. The molecule has 3 aromatic rings. The number of hydrogen-bond acceptors (Lipinski definition) is 6. The molecule has 2 amide bonds. The minimum absolute atomic E-state index is 0.321. The van der Waals surface area contributed by atoms with Crippen molar-refractivity contribution in [2.75, 3.05) is 30.8 Å². The van der Waals surface area contributed by atoms with Crippen LogP contribution in [0, 0.1) is 0 Å².